The predicted molar refractivity (Wildman–Crippen MR) is 75.7 cm³/mol. The van der Waals surface area contributed by atoms with Crippen molar-refractivity contribution in [2.24, 2.45) is 0 Å². The molecule has 0 atom stereocenters. The average molecular weight is 289 g/mol. The van der Waals surface area contributed by atoms with Crippen LogP contribution in [0.15, 0.2) is 41.3 Å². The molecule has 1 heterocycles. The fraction of sp³-hybridized carbons (Fsp3) is 0.0714. The Labute approximate surface area is 119 Å². The van der Waals surface area contributed by atoms with Gasteiger partial charge in [-0.3, -0.25) is 14.4 Å². The molecule has 0 spiro atoms. The first-order valence-corrected chi connectivity index (χ1v) is 6.03. The third-order valence-corrected chi connectivity index (χ3v) is 2.58. The molecule has 0 saturated heterocycles. The Hall–Kier alpha value is -2.96. The highest BCUT2D eigenvalue weighted by Crippen LogP contribution is 2.20. The number of pyridine rings is 1. The SMILES string of the molecule is CC(=O)Nc1cc(NC(=O)c2ccc(=O)[nH]c2)ccc1F. The maximum atomic E-state index is 13.5. The van der Waals surface area contributed by atoms with Crippen molar-refractivity contribution in [3.8, 4) is 0 Å². The van der Waals surface area contributed by atoms with Crippen LogP contribution in [0.3, 0.4) is 0 Å². The summed E-state index contributed by atoms with van der Waals surface area (Å²) in [5.41, 5.74) is 0.222. The van der Waals surface area contributed by atoms with Crippen LogP contribution in [0.25, 0.3) is 0 Å². The van der Waals surface area contributed by atoms with Crippen LogP contribution in [-0.4, -0.2) is 16.8 Å². The van der Waals surface area contributed by atoms with Gasteiger partial charge in [0.25, 0.3) is 5.91 Å². The van der Waals surface area contributed by atoms with Gasteiger partial charge in [-0.05, 0) is 24.3 Å². The van der Waals surface area contributed by atoms with Crippen molar-refractivity contribution < 1.29 is 14.0 Å². The Morgan fingerprint density at radius 3 is 2.52 bits per heavy atom. The van der Waals surface area contributed by atoms with Gasteiger partial charge in [0.15, 0.2) is 0 Å². The normalized spacial score (nSPS) is 10.0. The number of H-pyrrole nitrogens is 1. The van der Waals surface area contributed by atoms with Crippen molar-refractivity contribution in [2.45, 2.75) is 6.92 Å². The molecule has 7 heteroatoms. The lowest BCUT2D eigenvalue weighted by Gasteiger charge is -2.08. The van der Waals surface area contributed by atoms with Crippen LogP contribution >= 0.6 is 0 Å². The van der Waals surface area contributed by atoms with Crippen LogP contribution in [-0.2, 0) is 4.79 Å². The Balaban J connectivity index is 2.19. The number of aromatic amines is 1. The molecule has 0 aliphatic rings. The zero-order chi connectivity index (χ0) is 15.4. The van der Waals surface area contributed by atoms with Crippen molar-refractivity contribution in [2.75, 3.05) is 10.6 Å². The summed E-state index contributed by atoms with van der Waals surface area (Å²) in [4.78, 5) is 36.2. The number of amides is 2. The van der Waals surface area contributed by atoms with E-state index in [1.807, 2.05) is 0 Å². The van der Waals surface area contributed by atoms with E-state index in [2.05, 4.69) is 15.6 Å². The smallest absolute Gasteiger partial charge is 0.257 e. The largest absolute Gasteiger partial charge is 0.328 e. The number of hydrogen-bond donors (Lipinski definition) is 3. The summed E-state index contributed by atoms with van der Waals surface area (Å²) in [5.74, 6) is -1.49. The topological polar surface area (TPSA) is 91.1 Å². The number of carbonyl (C=O) groups is 2. The molecule has 1 aromatic carbocycles. The van der Waals surface area contributed by atoms with Crippen molar-refractivity contribution >= 4 is 23.2 Å². The molecule has 1 aromatic heterocycles. The van der Waals surface area contributed by atoms with Gasteiger partial charge in [-0.1, -0.05) is 0 Å². The molecule has 0 fully saturated rings. The minimum Gasteiger partial charge on any atom is -0.328 e. The van der Waals surface area contributed by atoms with Crippen molar-refractivity contribution in [1.29, 1.82) is 0 Å². The summed E-state index contributed by atoms with van der Waals surface area (Å²) in [6.45, 7) is 1.25. The molecule has 0 unspecified atom stereocenters. The van der Waals surface area contributed by atoms with E-state index in [1.54, 1.807) is 0 Å². The van der Waals surface area contributed by atoms with Gasteiger partial charge in [0, 0.05) is 24.9 Å². The van der Waals surface area contributed by atoms with E-state index >= 15 is 0 Å². The van der Waals surface area contributed by atoms with E-state index in [-0.39, 0.29) is 16.8 Å². The quantitative estimate of drug-likeness (QED) is 0.803. The molecular formula is C14H12FN3O3. The summed E-state index contributed by atoms with van der Waals surface area (Å²) in [6, 6.07) is 6.40. The zero-order valence-electron chi connectivity index (χ0n) is 11.1. The van der Waals surface area contributed by atoms with Crippen LogP contribution in [0.1, 0.15) is 17.3 Å². The highest BCUT2D eigenvalue weighted by molar-refractivity contribution is 6.04. The van der Waals surface area contributed by atoms with E-state index in [0.717, 1.165) is 6.07 Å². The lowest BCUT2D eigenvalue weighted by atomic mass is 10.2. The molecule has 21 heavy (non-hydrogen) atoms. The highest BCUT2D eigenvalue weighted by Gasteiger charge is 2.09. The second-order valence-corrected chi connectivity index (χ2v) is 4.27. The molecular weight excluding hydrogens is 277 g/mol. The van der Waals surface area contributed by atoms with E-state index < -0.39 is 17.6 Å². The van der Waals surface area contributed by atoms with Crippen molar-refractivity contribution in [3.63, 3.8) is 0 Å². The molecule has 3 N–H and O–H groups in total. The molecule has 0 radical (unpaired) electrons. The number of benzene rings is 1. The Morgan fingerprint density at radius 1 is 1.14 bits per heavy atom. The lowest BCUT2D eigenvalue weighted by molar-refractivity contribution is -0.114. The van der Waals surface area contributed by atoms with Gasteiger partial charge in [-0.15, -0.1) is 0 Å². The third-order valence-electron chi connectivity index (χ3n) is 2.58. The van der Waals surface area contributed by atoms with Gasteiger partial charge in [-0.2, -0.15) is 0 Å². The molecule has 2 aromatic rings. The molecule has 2 rings (SSSR count). The second-order valence-electron chi connectivity index (χ2n) is 4.27. The number of aromatic nitrogens is 1. The molecule has 0 bridgehead atoms. The Morgan fingerprint density at radius 2 is 1.90 bits per heavy atom. The average Bonchev–Trinajstić information content (AvgIpc) is 2.42. The van der Waals surface area contributed by atoms with Crippen LogP contribution in [0.4, 0.5) is 15.8 Å². The summed E-state index contributed by atoms with van der Waals surface area (Å²) in [5, 5.41) is 4.86. The van der Waals surface area contributed by atoms with Gasteiger partial charge >= 0.3 is 0 Å². The maximum absolute atomic E-state index is 13.5. The third kappa shape index (κ3) is 3.75. The van der Waals surface area contributed by atoms with Gasteiger partial charge in [0.05, 0.1) is 11.3 Å². The Bertz CT molecular complexity index is 735. The first-order valence-electron chi connectivity index (χ1n) is 6.03. The molecule has 6 nitrogen and oxygen atoms in total. The summed E-state index contributed by atoms with van der Waals surface area (Å²) in [7, 11) is 0. The van der Waals surface area contributed by atoms with Crippen LogP contribution in [0, 0.1) is 5.82 Å². The first-order chi connectivity index (χ1) is 9.95. The summed E-state index contributed by atoms with van der Waals surface area (Å²) < 4.78 is 13.5. The van der Waals surface area contributed by atoms with E-state index in [4.69, 9.17) is 0 Å². The van der Waals surface area contributed by atoms with Gasteiger partial charge in [-0.25, -0.2) is 4.39 Å². The van der Waals surface area contributed by atoms with Crippen LogP contribution in [0.5, 0.6) is 0 Å². The number of anilines is 2. The van der Waals surface area contributed by atoms with Gasteiger partial charge < -0.3 is 15.6 Å². The molecule has 108 valence electrons. The van der Waals surface area contributed by atoms with Gasteiger partial charge in [0.2, 0.25) is 11.5 Å². The van der Waals surface area contributed by atoms with Crippen molar-refractivity contribution in [3.05, 3.63) is 58.3 Å². The highest BCUT2D eigenvalue weighted by atomic mass is 19.1. The zero-order valence-corrected chi connectivity index (χ0v) is 11.1. The molecule has 0 saturated carbocycles. The maximum Gasteiger partial charge on any atom is 0.257 e. The first kappa shape index (κ1) is 14.4. The number of rotatable bonds is 3. The fourth-order valence-electron chi connectivity index (χ4n) is 1.64. The lowest BCUT2D eigenvalue weighted by Crippen LogP contribution is -2.15. The molecule has 0 aliphatic heterocycles. The predicted octanol–water partition coefficient (Wildman–Crippen LogP) is 1.72. The summed E-state index contributed by atoms with van der Waals surface area (Å²) in [6.07, 6.45) is 1.27. The van der Waals surface area contributed by atoms with E-state index in [9.17, 15) is 18.8 Å². The minimum atomic E-state index is -0.604. The Kier molecular flexibility index (Phi) is 4.13. The molecule has 2 amide bonds. The van der Waals surface area contributed by atoms with Gasteiger partial charge in [0.1, 0.15) is 5.82 Å². The van der Waals surface area contributed by atoms with E-state index in [0.29, 0.717) is 5.69 Å². The molecule has 0 aliphatic carbocycles. The standard InChI is InChI=1S/C14H12FN3O3/c1-8(19)17-12-6-10(3-4-11(12)15)18-14(21)9-2-5-13(20)16-7-9/h2-7H,1H3,(H,16,20)(H,17,19)(H,18,21). The van der Waals surface area contributed by atoms with Crippen molar-refractivity contribution in [1.82, 2.24) is 4.98 Å². The number of hydrogen-bond acceptors (Lipinski definition) is 3. The fourth-order valence-corrected chi connectivity index (χ4v) is 1.64. The van der Waals surface area contributed by atoms with Crippen LogP contribution < -0.4 is 16.2 Å². The minimum absolute atomic E-state index is 0.0261. The number of carbonyl (C=O) groups excluding carboxylic acids is 2. The van der Waals surface area contributed by atoms with E-state index in [1.165, 1.54) is 37.4 Å². The monoisotopic (exact) mass is 289 g/mol. The number of nitrogens with one attached hydrogen (secondary N) is 3. The van der Waals surface area contributed by atoms with Crippen LogP contribution in [0.2, 0.25) is 0 Å². The second kappa shape index (κ2) is 6.00. The summed E-state index contributed by atoms with van der Waals surface area (Å²) >= 11 is 0. The number of halogens is 1.